The highest BCUT2D eigenvalue weighted by Gasteiger charge is 2.32. The SMILES string of the molecule is C[C@@H]1CC[C@@H](C(=O)O)CN1C(=O)CCOc1ccc(S(C)(=O)=O)cc1. The zero-order valence-corrected chi connectivity index (χ0v) is 15.2. The van der Waals surface area contributed by atoms with Crippen LogP contribution in [0.5, 0.6) is 5.75 Å². The number of likely N-dealkylation sites (tertiary alicyclic amines) is 1. The van der Waals surface area contributed by atoms with E-state index in [9.17, 15) is 18.0 Å². The number of carboxylic acids is 1. The Bertz CT molecular complexity index is 728. The first-order valence-electron chi connectivity index (χ1n) is 8.13. The lowest BCUT2D eigenvalue weighted by atomic mass is 9.93. The van der Waals surface area contributed by atoms with Gasteiger partial charge in [-0.05, 0) is 44.0 Å². The van der Waals surface area contributed by atoms with Gasteiger partial charge in [0, 0.05) is 18.8 Å². The molecule has 0 unspecified atom stereocenters. The topological polar surface area (TPSA) is 101 Å². The van der Waals surface area contributed by atoms with E-state index >= 15 is 0 Å². The van der Waals surface area contributed by atoms with Gasteiger partial charge < -0.3 is 14.7 Å². The molecular weight excluding hydrogens is 346 g/mol. The summed E-state index contributed by atoms with van der Waals surface area (Å²) in [5, 5.41) is 9.12. The van der Waals surface area contributed by atoms with E-state index < -0.39 is 21.7 Å². The molecule has 25 heavy (non-hydrogen) atoms. The molecule has 1 amide bonds. The molecule has 138 valence electrons. The first-order valence-corrected chi connectivity index (χ1v) is 10.0. The van der Waals surface area contributed by atoms with Gasteiger partial charge in [-0.1, -0.05) is 0 Å². The second-order valence-electron chi connectivity index (χ2n) is 6.35. The molecule has 0 spiro atoms. The number of aliphatic carboxylic acids is 1. The normalized spacial score (nSPS) is 21.0. The molecule has 7 nitrogen and oxygen atoms in total. The fraction of sp³-hybridized carbons (Fsp3) is 0.529. The molecule has 1 aromatic carbocycles. The number of sulfone groups is 1. The number of hydrogen-bond donors (Lipinski definition) is 1. The number of carboxylic acid groups (broad SMARTS) is 1. The minimum Gasteiger partial charge on any atom is -0.493 e. The van der Waals surface area contributed by atoms with Crippen molar-refractivity contribution in [2.45, 2.75) is 37.1 Å². The molecule has 1 heterocycles. The summed E-state index contributed by atoms with van der Waals surface area (Å²) in [5.74, 6) is -1.03. The maximum Gasteiger partial charge on any atom is 0.308 e. The van der Waals surface area contributed by atoms with E-state index in [2.05, 4.69) is 0 Å². The lowest BCUT2D eigenvalue weighted by molar-refractivity contribution is -0.147. The molecule has 0 aromatic heterocycles. The molecule has 0 aliphatic carbocycles. The molecule has 1 saturated heterocycles. The lowest BCUT2D eigenvalue weighted by Crippen LogP contribution is -2.47. The molecule has 2 rings (SSSR count). The molecule has 0 saturated carbocycles. The number of ether oxygens (including phenoxy) is 1. The maximum absolute atomic E-state index is 12.3. The third kappa shape index (κ3) is 5.19. The number of carbonyl (C=O) groups excluding carboxylic acids is 1. The van der Waals surface area contributed by atoms with Crippen molar-refractivity contribution in [2.24, 2.45) is 5.92 Å². The second-order valence-corrected chi connectivity index (χ2v) is 8.37. The zero-order chi connectivity index (χ0) is 18.6. The van der Waals surface area contributed by atoms with Crippen molar-refractivity contribution in [3.05, 3.63) is 24.3 Å². The molecule has 1 aliphatic heterocycles. The van der Waals surface area contributed by atoms with Crippen LogP contribution in [0.3, 0.4) is 0 Å². The van der Waals surface area contributed by atoms with Crippen molar-refractivity contribution < 1.29 is 27.9 Å². The van der Waals surface area contributed by atoms with Crippen molar-refractivity contribution in [1.82, 2.24) is 4.90 Å². The summed E-state index contributed by atoms with van der Waals surface area (Å²) in [5.41, 5.74) is 0. The number of benzene rings is 1. The molecule has 1 aliphatic rings. The van der Waals surface area contributed by atoms with E-state index in [0.29, 0.717) is 18.6 Å². The van der Waals surface area contributed by atoms with Crippen LogP contribution in [-0.4, -0.2) is 55.7 Å². The van der Waals surface area contributed by atoms with Crippen molar-refractivity contribution in [1.29, 1.82) is 0 Å². The Labute approximate surface area is 147 Å². The monoisotopic (exact) mass is 369 g/mol. The van der Waals surface area contributed by atoms with Gasteiger partial charge in [-0.15, -0.1) is 0 Å². The standard InChI is InChI=1S/C17H23NO6S/c1-12-3-4-13(17(20)21)11-18(12)16(19)9-10-24-14-5-7-15(8-6-14)25(2,22)23/h5-8,12-13H,3-4,9-11H2,1-2H3,(H,20,21)/t12-,13-/m1/s1. The average Bonchev–Trinajstić information content (AvgIpc) is 2.54. The number of piperidine rings is 1. The first kappa shape index (κ1) is 19.2. The summed E-state index contributed by atoms with van der Waals surface area (Å²) in [7, 11) is -3.25. The second kappa shape index (κ2) is 7.86. The van der Waals surface area contributed by atoms with Crippen LogP contribution in [0.15, 0.2) is 29.2 Å². The van der Waals surface area contributed by atoms with Crippen molar-refractivity contribution in [3.8, 4) is 5.75 Å². The Morgan fingerprint density at radius 3 is 2.44 bits per heavy atom. The minimum absolute atomic E-state index is 0.0251. The molecular formula is C17H23NO6S. The smallest absolute Gasteiger partial charge is 0.308 e. The van der Waals surface area contributed by atoms with Gasteiger partial charge in [-0.2, -0.15) is 0 Å². The molecule has 0 bridgehead atoms. The Balaban J connectivity index is 1.86. The van der Waals surface area contributed by atoms with Crippen LogP contribution in [0.1, 0.15) is 26.2 Å². The van der Waals surface area contributed by atoms with E-state index in [1.165, 1.54) is 12.1 Å². The summed E-state index contributed by atoms with van der Waals surface area (Å²) in [6.45, 7) is 2.30. The third-order valence-electron chi connectivity index (χ3n) is 4.39. The minimum atomic E-state index is -3.25. The zero-order valence-electron chi connectivity index (χ0n) is 14.3. The molecule has 2 atom stereocenters. The Kier molecular flexibility index (Phi) is 6.05. The molecule has 1 N–H and O–H groups in total. The summed E-state index contributed by atoms with van der Waals surface area (Å²) >= 11 is 0. The van der Waals surface area contributed by atoms with Gasteiger partial charge in [-0.25, -0.2) is 8.42 Å². The Morgan fingerprint density at radius 2 is 1.88 bits per heavy atom. The fourth-order valence-electron chi connectivity index (χ4n) is 2.84. The summed E-state index contributed by atoms with van der Waals surface area (Å²) in [6, 6.07) is 6.03. The molecule has 8 heteroatoms. The van der Waals surface area contributed by atoms with Crippen LogP contribution < -0.4 is 4.74 Å². The van der Waals surface area contributed by atoms with Gasteiger partial charge in [0.25, 0.3) is 0 Å². The van der Waals surface area contributed by atoms with Gasteiger partial charge >= 0.3 is 5.97 Å². The lowest BCUT2D eigenvalue weighted by Gasteiger charge is -2.36. The highest BCUT2D eigenvalue weighted by molar-refractivity contribution is 7.90. The molecule has 1 fully saturated rings. The number of amides is 1. The average molecular weight is 369 g/mol. The quantitative estimate of drug-likeness (QED) is 0.817. The van der Waals surface area contributed by atoms with Gasteiger partial charge in [0.2, 0.25) is 5.91 Å². The number of carbonyl (C=O) groups is 2. The highest BCUT2D eigenvalue weighted by atomic mass is 32.2. The molecule has 0 radical (unpaired) electrons. The summed E-state index contributed by atoms with van der Waals surface area (Å²) < 4.78 is 28.3. The number of nitrogens with zero attached hydrogens (tertiary/aromatic N) is 1. The van der Waals surface area contributed by atoms with E-state index in [4.69, 9.17) is 9.84 Å². The Morgan fingerprint density at radius 1 is 1.24 bits per heavy atom. The molecule has 1 aromatic rings. The van der Waals surface area contributed by atoms with Crippen molar-refractivity contribution >= 4 is 21.7 Å². The predicted octanol–water partition coefficient (Wildman–Crippen LogP) is 1.57. The van der Waals surface area contributed by atoms with Gasteiger partial charge in [0.15, 0.2) is 9.84 Å². The first-order chi connectivity index (χ1) is 11.7. The van der Waals surface area contributed by atoms with Crippen LogP contribution in [-0.2, 0) is 19.4 Å². The van der Waals surface area contributed by atoms with E-state index in [1.54, 1.807) is 17.0 Å². The van der Waals surface area contributed by atoms with Gasteiger partial charge in [0.1, 0.15) is 5.75 Å². The number of rotatable bonds is 6. The third-order valence-corrected chi connectivity index (χ3v) is 5.52. The van der Waals surface area contributed by atoms with Crippen LogP contribution in [0, 0.1) is 5.92 Å². The van der Waals surface area contributed by atoms with E-state index in [0.717, 1.165) is 6.26 Å². The van der Waals surface area contributed by atoms with E-state index in [1.807, 2.05) is 6.92 Å². The van der Waals surface area contributed by atoms with Crippen molar-refractivity contribution in [2.75, 3.05) is 19.4 Å². The van der Waals surface area contributed by atoms with Gasteiger partial charge in [0.05, 0.1) is 23.8 Å². The highest BCUT2D eigenvalue weighted by Crippen LogP contribution is 2.23. The summed E-state index contributed by atoms with van der Waals surface area (Å²) in [6.07, 6.45) is 2.54. The fourth-order valence-corrected chi connectivity index (χ4v) is 3.47. The van der Waals surface area contributed by atoms with Gasteiger partial charge in [-0.3, -0.25) is 9.59 Å². The van der Waals surface area contributed by atoms with Crippen LogP contribution in [0.25, 0.3) is 0 Å². The van der Waals surface area contributed by atoms with Crippen LogP contribution >= 0.6 is 0 Å². The Hall–Kier alpha value is -2.09. The maximum atomic E-state index is 12.3. The summed E-state index contributed by atoms with van der Waals surface area (Å²) in [4.78, 5) is 25.3. The number of hydrogen-bond acceptors (Lipinski definition) is 5. The predicted molar refractivity (Wildman–Crippen MR) is 91.2 cm³/mol. The van der Waals surface area contributed by atoms with Crippen LogP contribution in [0.2, 0.25) is 0 Å². The largest absolute Gasteiger partial charge is 0.493 e. The van der Waals surface area contributed by atoms with E-state index in [-0.39, 0.29) is 36.4 Å². The van der Waals surface area contributed by atoms with Crippen LogP contribution in [0.4, 0.5) is 0 Å². The van der Waals surface area contributed by atoms with Crippen molar-refractivity contribution in [3.63, 3.8) is 0 Å².